The molecule has 0 saturated heterocycles. The number of rotatable bonds is 6. The third-order valence-electron chi connectivity index (χ3n) is 3.79. The highest BCUT2D eigenvalue weighted by atomic mass is 16.4. The number of nitrogens with zero attached hydrogens (tertiary/aromatic N) is 1. The van der Waals surface area contributed by atoms with Gasteiger partial charge in [0, 0.05) is 6.04 Å². The number of nitrogens with two attached hydrogens (primary N) is 1. The van der Waals surface area contributed by atoms with Crippen LogP contribution in [0.2, 0.25) is 0 Å². The van der Waals surface area contributed by atoms with Gasteiger partial charge in [-0.15, -0.1) is 0 Å². The zero-order valence-electron chi connectivity index (χ0n) is 11.6. The van der Waals surface area contributed by atoms with E-state index in [-0.39, 0.29) is 17.8 Å². The molecule has 0 radical (unpaired) electrons. The molecule has 5 heteroatoms. The Morgan fingerprint density at radius 3 is 2.39 bits per heavy atom. The minimum absolute atomic E-state index is 0.0438. The monoisotopic (exact) mass is 255 g/mol. The van der Waals surface area contributed by atoms with Gasteiger partial charge in [-0.25, -0.2) is 0 Å². The summed E-state index contributed by atoms with van der Waals surface area (Å²) in [6, 6.07) is 0.129. The predicted molar refractivity (Wildman–Crippen MR) is 71.4 cm³/mol. The van der Waals surface area contributed by atoms with E-state index >= 15 is 0 Å². The highest BCUT2D eigenvalue weighted by Crippen LogP contribution is 2.41. The molecule has 0 spiro atoms. The molecule has 1 aliphatic carbocycles. The van der Waals surface area contributed by atoms with Gasteiger partial charge in [-0.2, -0.15) is 0 Å². The molecule has 0 aromatic heterocycles. The van der Waals surface area contributed by atoms with Gasteiger partial charge in [0.05, 0.1) is 0 Å². The molecule has 0 bridgehead atoms. The Kier molecular flexibility index (Phi) is 4.99. The fourth-order valence-electron chi connectivity index (χ4n) is 2.24. The topological polar surface area (TPSA) is 87.7 Å². The smallest absolute Gasteiger partial charge is 0.234 e. The molecule has 0 aromatic carbocycles. The summed E-state index contributed by atoms with van der Waals surface area (Å²) in [5.41, 5.74) is 4.89. The molecule has 1 atom stereocenters. The number of hydrogen-bond acceptors (Lipinski definition) is 3. The highest BCUT2D eigenvalue weighted by molar-refractivity contribution is 6.07. The molecule has 18 heavy (non-hydrogen) atoms. The Bertz CT molecular complexity index is 322. The zero-order chi connectivity index (χ0) is 13.8. The van der Waals surface area contributed by atoms with Crippen LogP contribution in [0.25, 0.3) is 0 Å². The number of oxime groups is 1. The molecule has 5 nitrogen and oxygen atoms in total. The van der Waals surface area contributed by atoms with Crippen molar-refractivity contribution in [3.63, 3.8) is 0 Å². The van der Waals surface area contributed by atoms with Crippen molar-refractivity contribution in [2.75, 3.05) is 0 Å². The van der Waals surface area contributed by atoms with E-state index in [2.05, 4.69) is 24.3 Å². The van der Waals surface area contributed by atoms with Crippen LogP contribution in [0.5, 0.6) is 0 Å². The zero-order valence-corrected chi connectivity index (χ0v) is 11.6. The molecule has 1 rings (SSSR count). The van der Waals surface area contributed by atoms with Crippen molar-refractivity contribution in [3.05, 3.63) is 0 Å². The SMILES string of the molecule is CC(C)CCC(C)NC(=O)C1(C(N)=NO)CCC1. The number of hydrogen-bond donors (Lipinski definition) is 3. The standard InChI is InChI=1S/C13H25N3O2/c1-9(2)5-6-10(3)15-12(17)13(7-4-8-13)11(14)16-18/h9-10,18H,4-8H2,1-3H3,(H2,14,16)(H,15,17). The molecule has 1 unspecified atom stereocenters. The lowest BCUT2D eigenvalue weighted by Gasteiger charge is -2.39. The van der Waals surface area contributed by atoms with E-state index in [1.807, 2.05) is 6.92 Å². The Hall–Kier alpha value is -1.26. The maximum atomic E-state index is 12.2. The highest BCUT2D eigenvalue weighted by Gasteiger charge is 2.48. The Morgan fingerprint density at radius 2 is 2.00 bits per heavy atom. The van der Waals surface area contributed by atoms with E-state index in [4.69, 9.17) is 10.9 Å². The lowest BCUT2D eigenvalue weighted by molar-refractivity contribution is -0.131. The lowest BCUT2D eigenvalue weighted by atomic mass is 9.67. The number of nitrogens with one attached hydrogen (secondary N) is 1. The summed E-state index contributed by atoms with van der Waals surface area (Å²) in [6.07, 6.45) is 4.33. The second-order valence-corrected chi connectivity index (χ2v) is 5.77. The lowest BCUT2D eigenvalue weighted by Crippen LogP contribution is -2.55. The fraction of sp³-hybridized carbons (Fsp3) is 0.846. The van der Waals surface area contributed by atoms with E-state index in [0.29, 0.717) is 18.8 Å². The van der Waals surface area contributed by atoms with Crippen LogP contribution in [-0.2, 0) is 4.79 Å². The van der Waals surface area contributed by atoms with Crippen LogP contribution in [-0.4, -0.2) is 23.0 Å². The first kappa shape index (κ1) is 14.8. The van der Waals surface area contributed by atoms with Crippen molar-refractivity contribution in [2.45, 2.75) is 58.9 Å². The molecule has 0 aromatic rings. The van der Waals surface area contributed by atoms with Crippen molar-refractivity contribution in [3.8, 4) is 0 Å². The summed E-state index contributed by atoms with van der Waals surface area (Å²) in [5.74, 6) is 0.578. The van der Waals surface area contributed by atoms with Crippen LogP contribution < -0.4 is 11.1 Å². The average Bonchev–Trinajstić information content (AvgIpc) is 2.24. The summed E-state index contributed by atoms with van der Waals surface area (Å²) in [4.78, 5) is 12.2. The molecule has 1 fully saturated rings. The van der Waals surface area contributed by atoms with Crippen molar-refractivity contribution < 1.29 is 10.0 Å². The maximum Gasteiger partial charge on any atom is 0.234 e. The van der Waals surface area contributed by atoms with Gasteiger partial charge in [-0.1, -0.05) is 25.4 Å². The molecule has 1 saturated carbocycles. The van der Waals surface area contributed by atoms with Gasteiger partial charge in [0.15, 0.2) is 5.84 Å². The molecule has 0 heterocycles. The van der Waals surface area contributed by atoms with Gasteiger partial charge < -0.3 is 16.3 Å². The fourth-order valence-corrected chi connectivity index (χ4v) is 2.24. The Morgan fingerprint density at radius 1 is 1.39 bits per heavy atom. The molecule has 0 aliphatic heterocycles. The molecule has 4 N–H and O–H groups in total. The van der Waals surface area contributed by atoms with Crippen LogP contribution >= 0.6 is 0 Å². The third-order valence-corrected chi connectivity index (χ3v) is 3.79. The minimum Gasteiger partial charge on any atom is -0.409 e. The average molecular weight is 255 g/mol. The first-order chi connectivity index (χ1) is 8.42. The molecule has 104 valence electrons. The van der Waals surface area contributed by atoms with E-state index in [1.165, 1.54) is 0 Å². The summed E-state index contributed by atoms with van der Waals surface area (Å²) >= 11 is 0. The first-order valence-electron chi connectivity index (χ1n) is 6.71. The number of carbonyl (C=O) groups excluding carboxylic acids is 1. The number of amidine groups is 1. The largest absolute Gasteiger partial charge is 0.409 e. The predicted octanol–water partition coefficient (Wildman–Crippen LogP) is 1.84. The van der Waals surface area contributed by atoms with Gasteiger partial charge in [0.1, 0.15) is 5.41 Å². The van der Waals surface area contributed by atoms with E-state index in [1.54, 1.807) is 0 Å². The van der Waals surface area contributed by atoms with E-state index in [0.717, 1.165) is 19.3 Å². The Balaban J connectivity index is 2.53. The summed E-state index contributed by atoms with van der Waals surface area (Å²) in [6.45, 7) is 6.33. The van der Waals surface area contributed by atoms with Crippen LogP contribution in [0.4, 0.5) is 0 Å². The van der Waals surface area contributed by atoms with E-state index in [9.17, 15) is 4.79 Å². The van der Waals surface area contributed by atoms with Crippen molar-refractivity contribution in [1.29, 1.82) is 0 Å². The molecular formula is C13H25N3O2. The third kappa shape index (κ3) is 3.15. The summed E-state index contributed by atoms with van der Waals surface area (Å²) < 4.78 is 0. The van der Waals surface area contributed by atoms with Crippen molar-refractivity contribution in [2.24, 2.45) is 22.2 Å². The second kappa shape index (κ2) is 6.07. The van der Waals surface area contributed by atoms with Gasteiger partial charge in [0.25, 0.3) is 0 Å². The van der Waals surface area contributed by atoms with Gasteiger partial charge in [-0.05, 0) is 38.5 Å². The van der Waals surface area contributed by atoms with Crippen LogP contribution in [0.15, 0.2) is 5.16 Å². The first-order valence-corrected chi connectivity index (χ1v) is 6.71. The quantitative estimate of drug-likeness (QED) is 0.293. The second-order valence-electron chi connectivity index (χ2n) is 5.77. The van der Waals surface area contributed by atoms with Crippen LogP contribution in [0.3, 0.4) is 0 Å². The summed E-state index contributed by atoms with van der Waals surface area (Å²) in [5, 5.41) is 14.8. The maximum absolute atomic E-state index is 12.2. The van der Waals surface area contributed by atoms with Crippen LogP contribution in [0, 0.1) is 11.3 Å². The van der Waals surface area contributed by atoms with Crippen LogP contribution in [0.1, 0.15) is 52.9 Å². The van der Waals surface area contributed by atoms with Gasteiger partial charge in [0.2, 0.25) is 5.91 Å². The molecule has 1 amide bonds. The van der Waals surface area contributed by atoms with Crippen molar-refractivity contribution >= 4 is 11.7 Å². The Labute approximate surface area is 109 Å². The minimum atomic E-state index is -0.763. The summed E-state index contributed by atoms with van der Waals surface area (Å²) in [7, 11) is 0. The normalized spacial score (nSPS) is 20.3. The van der Waals surface area contributed by atoms with E-state index < -0.39 is 5.41 Å². The van der Waals surface area contributed by atoms with Crippen molar-refractivity contribution in [1.82, 2.24) is 5.32 Å². The molecule has 1 aliphatic rings. The number of amides is 1. The van der Waals surface area contributed by atoms with Gasteiger partial charge >= 0.3 is 0 Å². The van der Waals surface area contributed by atoms with Gasteiger partial charge in [-0.3, -0.25) is 4.79 Å². The molecular weight excluding hydrogens is 230 g/mol. The number of carbonyl (C=O) groups is 1.